The van der Waals surface area contributed by atoms with Gasteiger partial charge in [-0.05, 0) is 64.6 Å². The van der Waals surface area contributed by atoms with Gasteiger partial charge in [0, 0.05) is 9.65 Å². The second-order valence-corrected chi connectivity index (χ2v) is 6.48. The minimum atomic E-state index is -0.471. The zero-order valence-corrected chi connectivity index (χ0v) is 14.8. The zero-order chi connectivity index (χ0) is 16.4. The van der Waals surface area contributed by atoms with Crippen molar-refractivity contribution < 1.29 is 4.79 Å². The number of carbonyl (C=O) groups is 1. The van der Waals surface area contributed by atoms with Gasteiger partial charge in [0.2, 0.25) is 0 Å². The highest BCUT2D eigenvalue weighted by Crippen LogP contribution is 2.12. The third-order valence-electron chi connectivity index (χ3n) is 3.30. The lowest BCUT2D eigenvalue weighted by atomic mass is 10.2. The largest absolute Gasteiger partial charge is 0.331 e. The van der Waals surface area contributed by atoms with Crippen LogP contribution in [0, 0.1) is 8.34 Å². The molecule has 1 heterocycles. The summed E-state index contributed by atoms with van der Waals surface area (Å²) in [4.78, 5) is 27.9. The highest BCUT2D eigenvalue weighted by atomic mass is 127. The summed E-state index contributed by atoms with van der Waals surface area (Å²) in [5, 5.41) is 0.437. The van der Waals surface area contributed by atoms with Crippen molar-refractivity contribution in [3.05, 3.63) is 78.9 Å². The quantitative estimate of drug-likeness (QED) is 0.377. The van der Waals surface area contributed by atoms with Crippen LogP contribution in [0.2, 0.25) is 0 Å². The summed E-state index contributed by atoms with van der Waals surface area (Å²) in [6.45, 7) is 0. The fraction of sp³-hybridized carbons (Fsp3) is 0. The van der Waals surface area contributed by atoms with E-state index in [1.54, 1.807) is 18.2 Å². The van der Waals surface area contributed by atoms with Gasteiger partial charge in [0.25, 0.3) is 11.5 Å². The topological polar surface area (TPSA) is 54.9 Å². The Labute approximate surface area is 150 Å². The molecular weight excluding hydrogens is 423 g/mol. The maximum absolute atomic E-state index is 12.6. The number of aromatic amines is 1. The molecule has 4 nitrogen and oxygen atoms in total. The molecule has 0 spiro atoms. The Kier molecular flexibility index (Phi) is 4.53. The molecule has 23 heavy (non-hydrogen) atoms. The number of hydrogen-bond donors (Lipinski definition) is 1. The number of H-pyrrole nitrogens is 1. The van der Waals surface area contributed by atoms with Gasteiger partial charge in [-0.2, -0.15) is 0 Å². The van der Waals surface area contributed by atoms with Crippen molar-refractivity contribution in [1.29, 1.82) is 0 Å². The van der Waals surface area contributed by atoms with Gasteiger partial charge in [-0.3, -0.25) is 9.59 Å². The summed E-state index contributed by atoms with van der Waals surface area (Å²) in [7, 11) is 0. The molecule has 0 atom stereocenters. The zero-order valence-electron chi connectivity index (χ0n) is 11.8. The van der Waals surface area contributed by atoms with Crippen molar-refractivity contribution in [2.45, 2.75) is 0 Å². The summed E-state index contributed by atoms with van der Waals surface area (Å²) in [6, 6.07) is 14.8. The molecule has 0 amide bonds. The van der Waals surface area contributed by atoms with E-state index >= 15 is 0 Å². The van der Waals surface area contributed by atoms with Gasteiger partial charge in [0.05, 0.1) is 10.9 Å². The monoisotopic (exact) mass is 434 g/mol. The van der Waals surface area contributed by atoms with Crippen LogP contribution in [-0.4, -0.2) is 15.5 Å². The van der Waals surface area contributed by atoms with Crippen molar-refractivity contribution in [2.24, 2.45) is 0 Å². The minimum Gasteiger partial charge on any atom is -0.331 e. The van der Waals surface area contributed by atoms with Gasteiger partial charge in [-0.1, -0.05) is 30.3 Å². The molecular formula is C17H11IN2O2S. The van der Waals surface area contributed by atoms with Crippen molar-refractivity contribution in [1.82, 2.24) is 9.55 Å². The second-order valence-electron chi connectivity index (χ2n) is 4.84. The Morgan fingerprint density at radius 2 is 1.91 bits per heavy atom. The third-order valence-corrected chi connectivity index (χ3v) is 4.25. The van der Waals surface area contributed by atoms with E-state index in [0.717, 1.165) is 13.7 Å². The highest BCUT2D eigenvalue weighted by molar-refractivity contribution is 14.1. The molecule has 0 fully saturated rings. The summed E-state index contributed by atoms with van der Waals surface area (Å²) in [5.74, 6) is -0.471. The lowest BCUT2D eigenvalue weighted by Crippen LogP contribution is -2.27. The van der Waals surface area contributed by atoms with E-state index in [1.807, 2.05) is 36.4 Å². The first-order valence-corrected chi connectivity index (χ1v) is 8.27. The maximum atomic E-state index is 12.6. The summed E-state index contributed by atoms with van der Waals surface area (Å²) in [6.07, 6.45) is 3.00. The molecule has 0 bridgehead atoms. The van der Waals surface area contributed by atoms with E-state index in [9.17, 15) is 9.59 Å². The van der Waals surface area contributed by atoms with Crippen LogP contribution in [0.3, 0.4) is 0 Å². The third kappa shape index (κ3) is 3.32. The number of rotatable bonds is 2. The van der Waals surface area contributed by atoms with E-state index in [2.05, 4.69) is 27.6 Å². The fourth-order valence-electron chi connectivity index (χ4n) is 2.19. The Morgan fingerprint density at radius 1 is 1.17 bits per heavy atom. The smallest absolute Gasteiger partial charge is 0.269 e. The van der Waals surface area contributed by atoms with E-state index in [1.165, 1.54) is 6.08 Å². The normalized spacial score (nSPS) is 11.2. The second kappa shape index (κ2) is 6.59. The summed E-state index contributed by atoms with van der Waals surface area (Å²) >= 11 is 7.28. The van der Waals surface area contributed by atoms with Crippen LogP contribution in [0.25, 0.3) is 17.0 Å². The number of benzene rings is 2. The van der Waals surface area contributed by atoms with E-state index in [-0.39, 0.29) is 4.77 Å². The molecule has 0 aliphatic heterocycles. The number of allylic oxidation sites excluding steroid dienone is 1. The highest BCUT2D eigenvalue weighted by Gasteiger charge is 2.10. The lowest BCUT2D eigenvalue weighted by Gasteiger charge is -2.05. The van der Waals surface area contributed by atoms with Crippen LogP contribution in [-0.2, 0) is 0 Å². The molecule has 0 aliphatic carbocycles. The average Bonchev–Trinajstić information content (AvgIpc) is 2.55. The number of halogens is 1. The Bertz CT molecular complexity index is 1040. The average molecular weight is 434 g/mol. The van der Waals surface area contributed by atoms with Gasteiger partial charge < -0.3 is 4.98 Å². The number of nitrogens with one attached hydrogen (secondary N) is 1. The number of nitrogens with zero attached hydrogens (tertiary/aromatic N) is 1. The van der Waals surface area contributed by atoms with Crippen LogP contribution in [0.5, 0.6) is 0 Å². The number of aromatic nitrogens is 2. The van der Waals surface area contributed by atoms with Crippen LogP contribution < -0.4 is 5.56 Å². The molecule has 2 aromatic carbocycles. The van der Waals surface area contributed by atoms with Crippen LogP contribution in [0.15, 0.2) is 59.4 Å². The molecule has 3 rings (SSSR count). The Morgan fingerprint density at radius 3 is 2.65 bits per heavy atom. The predicted octanol–water partition coefficient (Wildman–Crippen LogP) is 4.02. The van der Waals surface area contributed by atoms with Crippen LogP contribution >= 0.6 is 34.8 Å². The summed E-state index contributed by atoms with van der Waals surface area (Å²) < 4.78 is 1.98. The first-order chi connectivity index (χ1) is 11.1. The molecule has 0 unspecified atom stereocenters. The molecule has 1 N–H and O–H groups in total. The summed E-state index contributed by atoms with van der Waals surface area (Å²) in [5.41, 5.74) is 1.08. The lowest BCUT2D eigenvalue weighted by molar-refractivity contribution is 0.0963. The van der Waals surface area contributed by atoms with Crippen molar-refractivity contribution in [3.8, 4) is 0 Å². The molecule has 1 aromatic heterocycles. The molecule has 0 aliphatic rings. The fourth-order valence-corrected chi connectivity index (χ4v) is 2.97. The number of hydrogen-bond acceptors (Lipinski definition) is 3. The first-order valence-electron chi connectivity index (χ1n) is 6.78. The van der Waals surface area contributed by atoms with E-state index < -0.39 is 11.5 Å². The molecule has 0 saturated heterocycles. The van der Waals surface area contributed by atoms with Crippen molar-refractivity contribution in [2.75, 3.05) is 0 Å². The molecule has 3 aromatic rings. The van der Waals surface area contributed by atoms with Crippen LogP contribution in [0.4, 0.5) is 0 Å². The van der Waals surface area contributed by atoms with Gasteiger partial charge in [-0.15, -0.1) is 0 Å². The van der Waals surface area contributed by atoms with E-state index in [0.29, 0.717) is 10.9 Å². The minimum absolute atomic E-state index is 0.0893. The van der Waals surface area contributed by atoms with E-state index in [4.69, 9.17) is 12.2 Å². The first kappa shape index (κ1) is 15.8. The predicted molar refractivity (Wildman–Crippen MR) is 102 cm³/mol. The van der Waals surface area contributed by atoms with Crippen molar-refractivity contribution in [3.63, 3.8) is 0 Å². The Balaban J connectivity index is 2.09. The van der Waals surface area contributed by atoms with Crippen molar-refractivity contribution >= 4 is 57.7 Å². The maximum Gasteiger partial charge on any atom is 0.269 e. The number of fused-ring (bicyclic) bond motifs is 1. The van der Waals surface area contributed by atoms with Gasteiger partial charge in [-0.25, -0.2) is 4.57 Å². The SMILES string of the molecule is O=C(C=Cc1ccccc1)n1c(=S)[nH]c2ccc(I)cc2c1=O. The van der Waals surface area contributed by atoms with Gasteiger partial charge in [0.1, 0.15) is 0 Å². The molecule has 114 valence electrons. The molecule has 0 radical (unpaired) electrons. The standard InChI is InChI=1S/C17H11IN2O2S/c18-12-7-8-14-13(10-12)16(22)20(17(23)19-14)15(21)9-6-11-4-2-1-3-5-11/h1-10H,(H,19,23). The van der Waals surface area contributed by atoms with Gasteiger partial charge in [0.15, 0.2) is 4.77 Å². The molecule has 0 saturated carbocycles. The van der Waals surface area contributed by atoms with Crippen LogP contribution in [0.1, 0.15) is 10.4 Å². The van der Waals surface area contributed by atoms with Gasteiger partial charge >= 0.3 is 0 Å². The molecule has 6 heteroatoms. The Hall–Kier alpha value is -2.06. The number of carbonyl (C=O) groups excluding carboxylic acids is 1.